The lowest BCUT2D eigenvalue weighted by molar-refractivity contribution is -0.121. The fraction of sp³-hybridized carbons (Fsp3) is 0.562. The molecule has 0 aromatic heterocycles. The topological polar surface area (TPSA) is 67.6 Å². The number of nitrogens with zero attached hydrogens (tertiary/aromatic N) is 1. The van der Waals surface area contributed by atoms with Crippen molar-refractivity contribution in [2.45, 2.75) is 38.3 Å². The summed E-state index contributed by atoms with van der Waals surface area (Å²) >= 11 is 6.08. The number of amides is 1. The number of carbonyl (C=O) groups excluding carboxylic acids is 1. The Kier molecular flexibility index (Phi) is 5.91. The smallest absolute Gasteiger partial charge is 0.220 e. The van der Waals surface area contributed by atoms with Crippen molar-refractivity contribution in [3.05, 3.63) is 23.2 Å². The SMILES string of the molecule is COc1ccc(Cl)cc1N1CCC(NC(=O)CCC(C)N)C1. The normalized spacial score (nSPS) is 19.1. The summed E-state index contributed by atoms with van der Waals surface area (Å²) in [6.45, 7) is 3.55. The van der Waals surface area contributed by atoms with E-state index < -0.39 is 0 Å². The Morgan fingerprint density at radius 1 is 1.59 bits per heavy atom. The number of carbonyl (C=O) groups is 1. The van der Waals surface area contributed by atoms with Crippen LogP contribution in [0.2, 0.25) is 5.02 Å². The molecule has 1 aromatic carbocycles. The van der Waals surface area contributed by atoms with Crippen LogP contribution in [0.5, 0.6) is 5.75 Å². The summed E-state index contributed by atoms with van der Waals surface area (Å²) in [4.78, 5) is 14.1. The molecule has 5 nitrogen and oxygen atoms in total. The zero-order valence-corrected chi connectivity index (χ0v) is 13.9. The molecular weight excluding hydrogens is 302 g/mol. The Morgan fingerprint density at radius 2 is 2.36 bits per heavy atom. The number of ether oxygens (including phenoxy) is 1. The number of halogens is 1. The second kappa shape index (κ2) is 7.70. The molecule has 122 valence electrons. The minimum atomic E-state index is 0.0570. The van der Waals surface area contributed by atoms with E-state index in [1.807, 2.05) is 25.1 Å². The van der Waals surface area contributed by atoms with Crippen LogP contribution in [0.4, 0.5) is 5.69 Å². The van der Waals surface area contributed by atoms with Crippen LogP contribution in [-0.4, -0.2) is 38.2 Å². The molecule has 0 saturated carbocycles. The summed E-state index contributed by atoms with van der Waals surface area (Å²) in [6, 6.07) is 5.80. The Bertz CT molecular complexity index is 522. The molecule has 2 rings (SSSR count). The molecule has 1 saturated heterocycles. The largest absolute Gasteiger partial charge is 0.495 e. The van der Waals surface area contributed by atoms with Gasteiger partial charge in [-0.05, 0) is 38.0 Å². The zero-order valence-electron chi connectivity index (χ0n) is 13.1. The molecule has 2 unspecified atom stereocenters. The third kappa shape index (κ3) is 4.52. The van der Waals surface area contributed by atoms with Gasteiger partial charge >= 0.3 is 0 Å². The van der Waals surface area contributed by atoms with E-state index in [9.17, 15) is 4.79 Å². The summed E-state index contributed by atoms with van der Waals surface area (Å²) in [5, 5.41) is 3.76. The lowest BCUT2D eigenvalue weighted by Crippen LogP contribution is -2.37. The summed E-state index contributed by atoms with van der Waals surface area (Å²) < 4.78 is 5.39. The van der Waals surface area contributed by atoms with Crippen molar-refractivity contribution >= 4 is 23.2 Å². The highest BCUT2D eigenvalue weighted by Crippen LogP contribution is 2.33. The summed E-state index contributed by atoms with van der Waals surface area (Å²) in [6.07, 6.45) is 2.11. The minimum absolute atomic E-state index is 0.0570. The van der Waals surface area contributed by atoms with Gasteiger partial charge in [-0.15, -0.1) is 0 Å². The number of nitrogens with two attached hydrogens (primary N) is 1. The maximum Gasteiger partial charge on any atom is 0.220 e. The lowest BCUT2D eigenvalue weighted by Gasteiger charge is -2.22. The molecule has 0 aliphatic carbocycles. The van der Waals surface area contributed by atoms with E-state index in [2.05, 4.69) is 10.2 Å². The van der Waals surface area contributed by atoms with Gasteiger partial charge in [0.05, 0.1) is 12.8 Å². The van der Waals surface area contributed by atoms with E-state index >= 15 is 0 Å². The number of benzene rings is 1. The number of hydrogen-bond acceptors (Lipinski definition) is 4. The molecule has 6 heteroatoms. The van der Waals surface area contributed by atoms with Crippen LogP contribution in [0.15, 0.2) is 18.2 Å². The van der Waals surface area contributed by atoms with E-state index in [4.69, 9.17) is 22.1 Å². The first kappa shape index (κ1) is 16.9. The first-order valence-electron chi connectivity index (χ1n) is 7.63. The van der Waals surface area contributed by atoms with Crippen LogP contribution < -0.4 is 20.7 Å². The average molecular weight is 326 g/mol. The van der Waals surface area contributed by atoms with E-state index in [-0.39, 0.29) is 18.0 Å². The van der Waals surface area contributed by atoms with Crippen molar-refractivity contribution in [2.24, 2.45) is 5.73 Å². The Morgan fingerprint density at radius 3 is 3.05 bits per heavy atom. The maximum absolute atomic E-state index is 11.9. The third-order valence-corrected chi connectivity index (χ3v) is 4.10. The number of rotatable bonds is 6. The van der Waals surface area contributed by atoms with Crippen LogP contribution in [0.3, 0.4) is 0 Å². The standard InChI is InChI=1S/C16H24ClN3O2/c1-11(18)3-6-16(21)19-13-7-8-20(10-13)14-9-12(17)4-5-15(14)22-2/h4-5,9,11,13H,3,6-8,10,18H2,1-2H3,(H,19,21). The van der Waals surface area contributed by atoms with Crippen molar-refractivity contribution in [1.29, 1.82) is 0 Å². The first-order chi connectivity index (χ1) is 10.5. The second-order valence-electron chi connectivity index (χ2n) is 5.83. The average Bonchev–Trinajstić information content (AvgIpc) is 2.93. The van der Waals surface area contributed by atoms with Crippen molar-refractivity contribution in [1.82, 2.24) is 5.32 Å². The van der Waals surface area contributed by atoms with Crippen LogP contribution in [0.1, 0.15) is 26.2 Å². The monoisotopic (exact) mass is 325 g/mol. The molecule has 1 aliphatic heterocycles. The predicted molar refractivity (Wildman–Crippen MR) is 89.6 cm³/mol. The van der Waals surface area contributed by atoms with Crippen molar-refractivity contribution in [3.8, 4) is 5.75 Å². The van der Waals surface area contributed by atoms with Crippen molar-refractivity contribution < 1.29 is 9.53 Å². The second-order valence-corrected chi connectivity index (χ2v) is 6.27. The van der Waals surface area contributed by atoms with Gasteiger partial charge in [-0.25, -0.2) is 0 Å². The van der Waals surface area contributed by atoms with Gasteiger partial charge in [0.15, 0.2) is 0 Å². The van der Waals surface area contributed by atoms with Crippen LogP contribution in [-0.2, 0) is 4.79 Å². The molecule has 1 aromatic rings. The maximum atomic E-state index is 11.9. The number of nitrogens with one attached hydrogen (secondary N) is 1. The highest BCUT2D eigenvalue weighted by Gasteiger charge is 2.26. The molecule has 1 fully saturated rings. The van der Waals surface area contributed by atoms with Gasteiger partial charge in [-0.2, -0.15) is 0 Å². The third-order valence-electron chi connectivity index (χ3n) is 3.86. The number of anilines is 1. The summed E-state index contributed by atoms with van der Waals surface area (Å²) in [5.41, 5.74) is 6.65. The molecule has 0 spiro atoms. The van der Waals surface area contributed by atoms with Crippen molar-refractivity contribution in [2.75, 3.05) is 25.1 Å². The Labute approximate surface area is 136 Å². The van der Waals surface area contributed by atoms with Crippen LogP contribution in [0, 0.1) is 0 Å². The van der Waals surface area contributed by atoms with Gasteiger partial charge in [0.25, 0.3) is 0 Å². The van der Waals surface area contributed by atoms with Crippen LogP contribution >= 0.6 is 11.6 Å². The molecule has 22 heavy (non-hydrogen) atoms. The van der Waals surface area contributed by atoms with E-state index in [1.165, 1.54) is 0 Å². The highest BCUT2D eigenvalue weighted by atomic mass is 35.5. The molecular formula is C16H24ClN3O2. The number of hydrogen-bond donors (Lipinski definition) is 2. The molecule has 1 heterocycles. The van der Waals surface area contributed by atoms with Crippen LogP contribution in [0.25, 0.3) is 0 Å². The molecule has 2 atom stereocenters. The van der Waals surface area contributed by atoms with Gasteiger partial charge in [-0.3, -0.25) is 4.79 Å². The van der Waals surface area contributed by atoms with E-state index in [1.54, 1.807) is 7.11 Å². The minimum Gasteiger partial charge on any atom is -0.495 e. The highest BCUT2D eigenvalue weighted by molar-refractivity contribution is 6.30. The fourth-order valence-electron chi connectivity index (χ4n) is 2.67. The summed E-state index contributed by atoms with van der Waals surface area (Å²) in [5.74, 6) is 0.871. The Hall–Kier alpha value is -1.46. The van der Waals surface area contributed by atoms with Crippen molar-refractivity contribution in [3.63, 3.8) is 0 Å². The number of methoxy groups -OCH3 is 1. The molecule has 0 radical (unpaired) electrons. The molecule has 0 bridgehead atoms. The van der Waals surface area contributed by atoms with Gasteiger partial charge in [-0.1, -0.05) is 11.6 Å². The van der Waals surface area contributed by atoms with Gasteiger partial charge in [0, 0.05) is 36.6 Å². The van der Waals surface area contributed by atoms with Gasteiger partial charge in [0.2, 0.25) is 5.91 Å². The van der Waals surface area contributed by atoms with E-state index in [0.717, 1.165) is 30.9 Å². The molecule has 1 aliphatic rings. The quantitative estimate of drug-likeness (QED) is 0.841. The fourth-order valence-corrected chi connectivity index (χ4v) is 2.83. The zero-order chi connectivity index (χ0) is 16.1. The lowest BCUT2D eigenvalue weighted by atomic mass is 10.2. The molecule has 1 amide bonds. The first-order valence-corrected chi connectivity index (χ1v) is 8.01. The van der Waals surface area contributed by atoms with E-state index in [0.29, 0.717) is 17.9 Å². The van der Waals surface area contributed by atoms with Gasteiger partial charge in [0.1, 0.15) is 5.75 Å². The Balaban J connectivity index is 1.93. The summed E-state index contributed by atoms with van der Waals surface area (Å²) in [7, 11) is 1.65. The van der Waals surface area contributed by atoms with Gasteiger partial charge < -0.3 is 20.7 Å². The molecule has 3 N–H and O–H groups in total. The predicted octanol–water partition coefficient (Wildman–Crippen LogP) is 2.17.